The van der Waals surface area contributed by atoms with Crippen LogP contribution in [0, 0.1) is 0 Å². The molecule has 1 atom stereocenters. The van der Waals surface area contributed by atoms with E-state index in [0.29, 0.717) is 25.3 Å². The van der Waals surface area contributed by atoms with Gasteiger partial charge >= 0.3 is 0 Å². The molecule has 0 fully saturated rings. The van der Waals surface area contributed by atoms with Gasteiger partial charge < -0.3 is 15.8 Å². The molecular weight excluding hydrogens is 290 g/mol. The Balaban J connectivity index is 2.76. The van der Waals surface area contributed by atoms with Crippen molar-refractivity contribution in [2.45, 2.75) is 37.2 Å². The summed E-state index contributed by atoms with van der Waals surface area (Å²) in [5, 5.41) is 3.13. The molecule has 0 aliphatic heterocycles. The van der Waals surface area contributed by atoms with Gasteiger partial charge in [-0.15, -0.1) is 0 Å². The fourth-order valence-electron chi connectivity index (χ4n) is 1.91. The number of anilines is 1. The normalized spacial score (nSPS) is 13.4. The van der Waals surface area contributed by atoms with Gasteiger partial charge in [0.1, 0.15) is 4.90 Å². The van der Waals surface area contributed by atoms with Crippen LogP contribution in [0.3, 0.4) is 0 Å². The Morgan fingerprint density at radius 2 is 1.95 bits per heavy atom. The third-order valence-electron chi connectivity index (χ3n) is 2.78. The Labute approximate surface area is 127 Å². The van der Waals surface area contributed by atoms with Crippen molar-refractivity contribution in [3.8, 4) is 0 Å². The molecular formula is C14H25N3O3S. The fourth-order valence-corrected chi connectivity index (χ4v) is 3.35. The van der Waals surface area contributed by atoms with Crippen molar-refractivity contribution in [3.05, 3.63) is 24.3 Å². The van der Waals surface area contributed by atoms with E-state index in [1.807, 2.05) is 0 Å². The molecule has 1 aromatic rings. The summed E-state index contributed by atoms with van der Waals surface area (Å²) in [6.07, 6.45) is 0.694. The summed E-state index contributed by atoms with van der Waals surface area (Å²) in [5.41, 5.74) is 6.42. The first kappa shape index (κ1) is 17.9. The highest BCUT2D eigenvalue weighted by Crippen LogP contribution is 2.20. The standard InChI is InChI=1S/C14H25N3O3S/c1-11(2)17-21(18,19)14-7-5-4-6-13(14)16-9-8-12(15)10-20-3/h4-7,11-12,16-17H,8-10,15H2,1-3H3. The number of sulfonamides is 1. The first-order valence-corrected chi connectivity index (χ1v) is 8.45. The van der Waals surface area contributed by atoms with Crippen LogP contribution in [0.25, 0.3) is 0 Å². The number of rotatable bonds is 9. The van der Waals surface area contributed by atoms with Crippen molar-refractivity contribution >= 4 is 15.7 Å². The second-order valence-electron chi connectivity index (χ2n) is 5.20. The number of nitrogens with two attached hydrogens (primary N) is 1. The summed E-state index contributed by atoms with van der Waals surface area (Å²) >= 11 is 0. The van der Waals surface area contributed by atoms with Crippen molar-refractivity contribution < 1.29 is 13.2 Å². The van der Waals surface area contributed by atoms with E-state index >= 15 is 0 Å². The first-order valence-electron chi connectivity index (χ1n) is 6.96. The van der Waals surface area contributed by atoms with Crippen LogP contribution in [0.5, 0.6) is 0 Å². The molecule has 21 heavy (non-hydrogen) atoms. The van der Waals surface area contributed by atoms with Gasteiger partial charge in [0.2, 0.25) is 10.0 Å². The minimum absolute atomic E-state index is 0.0694. The van der Waals surface area contributed by atoms with Crippen LogP contribution in [-0.4, -0.2) is 40.8 Å². The number of hydrogen-bond acceptors (Lipinski definition) is 5. The van der Waals surface area contributed by atoms with Crippen molar-refractivity contribution in [1.82, 2.24) is 4.72 Å². The maximum absolute atomic E-state index is 12.3. The Kier molecular flexibility index (Phi) is 7.10. The van der Waals surface area contributed by atoms with Gasteiger partial charge in [0.05, 0.1) is 12.3 Å². The molecule has 0 saturated heterocycles. The molecule has 0 spiro atoms. The Bertz CT molecular complexity index is 532. The molecule has 120 valence electrons. The van der Waals surface area contributed by atoms with Gasteiger partial charge in [0, 0.05) is 25.7 Å². The highest BCUT2D eigenvalue weighted by Gasteiger charge is 2.18. The van der Waals surface area contributed by atoms with E-state index in [-0.39, 0.29) is 17.0 Å². The van der Waals surface area contributed by atoms with Gasteiger partial charge in [0.15, 0.2) is 0 Å². The van der Waals surface area contributed by atoms with E-state index in [1.54, 1.807) is 45.2 Å². The molecule has 0 amide bonds. The maximum Gasteiger partial charge on any atom is 0.242 e. The van der Waals surface area contributed by atoms with Gasteiger partial charge in [-0.05, 0) is 32.4 Å². The van der Waals surface area contributed by atoms with Crippen LogP contribution in [0.15, 0.2) is 29.2 Å². The summed E-state index contributed by atoms with van der Waals surface area (Å²) in [4.78, 5) is 0.249. The lowest BCUT2D eigenvalue weighted by Gasteiger charge is -2.16. The number of ether oxygens (including phenoxy) is 1. The number of hydrogen-bond donors (Lipinski definition) is 3. The van der Waals surface area contributed by atoms with E-state index in [1.165, 1.54) is 0 Å². The highest BCUT2D eigenvalue weighted by molar-refractivity contribution is 7.89. The molecule has 0 heterocycles. The third-order valence-corrected chi connectivity index (χ3v) is 4.50. The van der Waals surface area contributed by atoms with Crippen LogP contribution in [0.4, 0.5) is 5.69 Å². The Hall–Kier alpha value is -1.15. The van der Waals surface area contributed by atoms with Gasteiger partial charge in [-0.2, -0.15) is 0 Å². The zero-order chi connectivity index (χ0) is 15.9. The third kappa shape index (κ3) is 6.01. The van der Waals surface area contributed by atoms with Crippen LogP contribution in [0.2, 0.25) is 0 Å². The molecule has 0 aromatic heterocycles. The molecule has 1 aromatic carbocycles. The lowest BCUT2D eigenvalue weighted by atomic mass is 10.2. The minimum atomic E-state index is -3.52. The van der Waals surface area contributed by atoms with Crippen molar-refractivity contribution in [3.63, 3.8) is 0 Å². The predicted molar refractivity (Wildman–Crippen MR) is 84.9 cm³/mol. The van der Waals surface area contributed by atoms with Gasteiger partial charge in [-0.3, -0.25) is 0 Å². The van der Waals surface area contributed by atoms with Crippen molar-refractivity contribution in [2.75, 3.05) is 25.6 Å². The quantitative estimate of drug-likeness (QED) is 0.635. The van der Waals surface area contributed by atoms with Crippen LogP contribution >= 0.6 is 0 Å². The van der Waals surface area contributed by atoms with E-state index in [9.17, 15) is 8.42 Å². The topological polar surface area (TPSA) is 93.4 Å². The number of nitrogens with one attached hydrogen (secondary N) is 2. The number of methoxy groups -OCH3 is 1. The Morgan fingerprint density at radius 3 is 2.57 bits per heavy atom. The molecule has 0 aliphatic rings. The van der Waals surface area contributed by atoms with Gasteiger partial charge in [-0.25, -0.2) is 13.1 Å². The van der Waals surface area contributed by atoms with Crippen molar-refractivity contribution in [2.24, 2.45) is 5.73 Å². The molecule has 1 unspecified atom stereocenters. The maximum atomic E-state index is 12.3. The minimum Gasteiger partial charge on any atom is -0.384 e. The van der Waals surface area contributed by atoms with E-state index in [2.05, 4.69) is 10.0 Å². The van der Waals surface area contributed by atoms with Crippen molar-refractivity contribution in [1.29, 1.82) is 0 Å². The smallest absolute Gasteiger partial charge is 0.242 e. The van der Waals surface area contributed by atoms with E-state index in [4.69, 9.17) is 10.5 Å². The second-order valence-corrected chi connectivity index (χ2v) is 6.89. The van der Waals surface area contributed by atoms with E-state index in [0.717, 1.165) is 0 Å². The number of benzene rings is 1. The molecule has 7 heteroatoms. The summed E-state index contributed by atoms with van der Waals surface area (Å²) in [5.74, 6) is 0. The molecule has 0 saturated carbocycles. The molecule has 6 nitrogen and oxygen atoms in total. The van der Waals surface area contributed by atoms with Crippen LogP contribution in [0.1, 0.15) is 20.3 Å². The van der Waals surface area contributed by atoms with Crippen LogP contribution in [-0.2, 0) is 14.8 Å². The summed E-state index contributed by atoms with van der Waals surface area (Å²) in [7, 11) is -1.92. The molecule has 4 N–H and O–H groups in total. The second kappa shape index (κ2) is 8.33. The Morgan fingerprint density at radius 1 is 1.29 bits per heavy atom. The number of para-hydroxylation sites is 1. The molecule has 0 aliphatic carbocycles. The van der Waals surface area contributed by atoms with Crippen LogP contribution < -0.4 is 15.8 Å². The first-order chi connectivity index (χ1) is 9.86. The zero-order valence-corrected chi connectivity index (χ0v) is 13.6. The monoisotopic (exact) mass is 315 g/mol. The van der Waals surface area contributed by atoms with Gasteiger partial charge in [-0.1, -0.05) is 12.1 Å². The molecule has 0 bridgehead atoms. The lowest BCUT2D eigenvalue weighted by Crippen LogP contribution is -2.31. The lowest BCUT2D eigenvalue weighted by molar-refractivity contribution is 0.178. The summed E-state index contributed by atoms with van der Waals surface area (Å²) in [6.45, 7) is 4.64. The average Bonchev–Trinajstić information content (AvgIpc) is 2.38. The molecule has 0 radical (unpaired) electrons. The zero-order valence-electron chi connectivity index (χ0n) is 12.8. The predicted octanol–water partition coefficient (Wildman–Crippen LogP) is 1.15. The summed E-state index contributed by atoms with van der Waals surface area (Å²) < 4.78 is 32.1. The SMILES string of the molecule is COCC(N)CCNc1ccccc1S(=O)(=O)NC(C)C. The van der Waals surface area contributed by atoms with E-state index < -0.39 is 10.0 Å². The summed E-state index contributed by atoms with van der Waals surface area (Å²) in [6, 6.07) is 6.61. The molecule has 1 rings (SSSR count). The van der Waals surface area contributed by atoms with Gasteiger partial charge in [0.25, 0.3) is 0 Å². The largest absolute Gasteiger partial charge is 0.384 e. The average molecular weight is 315 g/mol. The highest BCUT2D eigenvalue weighted by atomic mass is 32.2. The fraction of sp³-hybridized carbons (Fsp3) is 0.571.